The molecule has 106 valence electrons. The molecular weight excluding hydrogens is 283 g/mol. The number of amides is 2. The lowest BCUT2D eigenvalue weighted by Gasteiger charge is -2.09. The molecule has 1 aromatic rings. The molecule has 0 bridgehead atoms. The first-order chi connectivity index (χ1) is 9.54. The van der Waals surface area contributed by atoms with E-state index in [1.54, 1.807) is 0 Å². The zero-order chi connectivity index (χ0) is 15.0. The second kappa shape index (κ2) is 8.07. The topological polar surface area (TPSA) is 78.4 Å². The lowest BCUT2D eigenvalue weighted by Crippen LogP contribution is -2.31. The van der Waals surface area contributed by atoms with Gasteiger partial charge < -0.3 is 15.7 Å². The Morgan fingerprint density at radius 2 is 2.20 bits per heavy atom. The standard InChI is InChI=1S/C13H13FN2O3S/c1-2-6-20-7-5-15-13(19)16-11-8-9(14)3-4-10(11)12(17)18/h1,3-4,8H,5-7H2,(H,17,18)(H2,15,16,19). The minimum atomic E-state index is -1.25. The number of urea groups is 1. The molecule has 0 aromatic heterocycles. The Bertz CT molecular complexity index is 543. The third-order valence-corrected chi connectivity index (χ3v) is 3.04. The molecule has 20 heavy (non-hydrogen) atoms. The molecule has 0 radical (unpaired) electrons. The van der Waals surface area contributed by atoms with Gasteiger partial charge >= 0.3 is 12.0 Å². The van der Waals surface area contributed by atoms with Crippen molar-refractivity contribution in [3.8, 4) is 12.3 Å². The van der Waals surface area contributed by atoms with Gasteiger partial charge in [-0.2, -0.15) is 0 Å². The highest BCUT2D eigenvalue weighted by Gasteiger charge is 2.13. The molecule has 7 heteroatoms. The first-order valence-corrected chi connectivity index (χ1v) is 6.79. The Labute approximate surface area is 119 Å². The molecular formula is C13H13FN2O3S. The zero-order valence-electron chi connectivity index (χ0n) is 10.5. The summed E-state index contributed by atoms with van der Waals surface area (Å²) in [5, 5.41) is 13.8. The van der Waals surface area contributed by atoms with Crippen molar-refractivity contribution in [2.75, 3.05) is 23.4 Å². The predicted molar refractivity (Wildman–Crippen MR) is 76.5 cm³/mol. The lowest BCUT2D eigenvalue weighted by molar-refractivity contribution is 0.0698. The van der Waals surface area contributed by atoms with Crippen LogP contribution in [0.25, 0.3) is 0 Å². The number of benzene rings is 1. The van der Waals surface area contributed by atoms with Gasteiger partial charge in [-0.15, -0.1) is 18.2 Å². The molecule has 0 spiro atoms. The van der Waals surface area contributed by atoms with Crippen molar-refractivity contribution in [2.24, 2.45) is 0 Å². The van der Waals surface area contributed by atoms with E-state index in [1.807, 2.05) is 0 Å². The fourth-order valence-corrected chi connectivity index (χ4v) is 1.85. The second-order valence-corrected chi connectivity index (χ2v) is 4.74. The van der Waals surface area contributed by atoms with Crippen LogP contribution in [0.3, 0.4) is 0 Å². The van der Waals surface area contributed by atoms with E-state index in [1.165, 1.54) is 11.8 Å². The molecule has 0 saturated heterocycles. The van der Waals surface area contributed by atoms with E-state index in [9.17, 15) is 14.0 Å². The van der Waals surface area contributed by atoms with Gasteiger partial charge in [-0.05, 0) is 18.2 Å². The van der Waals surface area contributed by atoms with Gasteiger partial charge in [-0.1, -0.05) is 5.92 Å². The SMILES string of the molecule is C#CCSCCNC(=O)Nc1cc(F)ccc1C(=O)O. The van der Waals surface area contributed by atoms with Crippen LogP contribution in [0.15, 0.2) is 18.2 Å². The van der Waals surface area contributed by atoms with Gasteiger partial charge in [0.15, 0.2) is 0 Å². The first kappa shape index (κ1) is 15.9. The van der Waals surface area contributed by atoms with E-state index in [2.05, 4.69) is 16.6 Å². The highest BCUT2D eigenvalue weighted by atomic mass is 32.2. The number of terminal acetylenes is 1. The van der Waals surface area contributed by atoms with Crippen LogP contribution in [0.5, 0.6) is 0 Å². The van der Waals surface area contributed by atoms with Gasteiger partial charge in [-0.3, -0.25) is 0 Å². The molecule has 0 fully saturated rings. The van der Waals surface area contributed by atoms with Crippen molar-refractivity contribution >= 4 is 29.4 Å². The average molecular weight is 296 g/mol. The maximum atomic E-state index is 13.1. The van der Waals surface area contributed by atoms with Crippen LogP contribution in [-0.4, -0.2) is 35.2 Å². The normalized spacial score (nSPS) is 9.60. The number of anilines is 1. The number of aromatic carboxylic acids is 1. The first-order valence-electron chi connectivity index (χ1n) is 5.63. The van der Waals surface area contributed by atoms with Crippen LogP contribution >= 0.6 is 11.8 Å². The van der Waals surface area contributed by atoms with Crippen molar-refractivity contribution in [1.82, 2.24) is 5.32 Å². The highest BCUT2D eigenvalue weighted by Crippen LogP contribution is 2.17. The number of rotatable bonds is 6. The number of carboxylic acids is 1. The van der Waals surface area contributed by atoms with Gasteiger partial charge in [-0.25, -0.2) is 14.0 Å². The molecule has 0 aliphatic rings. The van der Waals surface area contributed by atoms with Crippen LogP contribution in [-0.2, 0) is 0 Å². The second-order valence-electron chi connectivity index (χ2n) is 3.63. The van der Waals surface area contributed by atoms with Crippen molar-refractivity contribution < 1.29 is 19.1 Å². The van der Waals surface area contributed by atoms with E-state index >= 15 is 0 Å². The number of nitrogens with one attached hydrogen (secondary N) is 2. The molecule has 0 atom stereocenters. The monoisotopic (exact) mass is 296 g/mol. The maximum Gasteiger partial charge on any atom is 0.337 e. The number of carboxylic acid groups (broad SMARTS) is 1. The van der Waals surface area contributed by atoms with E-state index in [0.29, 0.717) is 18.1 Å². The van der Waals surface area contributed by atoms with E-state index in [4.69, 9.17) is 11.5 Å². The predicted octanol–water partition coefficient (Wildman–Crippen LogP) is 2.01. The number of carbonyl (C=O) groups excluding carboxylic acids is 1. The number of hydrogen-bond acceptors (Lipinski definition) is 3. The van der Waals surface area contributed by atoms with E-state index in [0.717, 1.165) is 18.2 Å². The highest BCUT2D eigenvalue weighted by molar-refractivity contribution is 7.99. The summed E-state index contributed by atoms with van der Waals surface area (Å²) in [5.74, 6) is 1.76. The van der Waals surface area contributed by atoms with Crippen LogP contribution < -0.4 is 10.6 Å². The van der Waals surface area contributed by atoms with Gasteiger partial charge in [0, 0.05) is 12.3 Å². The molecule has 1 aromatic carbocycles. The van der Waals surface area contributed by atoms with Gasteiger partial charge in [0.25, 0.3) is 0 Å². The lowest BCUT2D eigenvalue weighted by atomic mass is 10.2. The Morgan fingerprint density at radius 1 is 1.45 bits per heavy atom. The van der Waals surface area contributed by atoms with Crippen LogP contribution in [0.1, 0.15) is 10.4 Å². The fourth-order valence-electron chi connectivity index (χ4n) is 1.34. The minimum Gasteiger partial charge on any atom is -0.478 e. The zero-order valence-corrected chi connectivity index (χ0v) is 11.3. The summed E-state index contributed by atoms with van der Waals surface area (Å²) >= 11 is 1.48. The Morgan fingerprint density at radius 3 is 2.85 bits per heavy atom. The summed E-state index contributed by atoms with van der Waals surface area (Å²) in [6.45, 7) is 0.371. The summed E-state index contributed by atoms with van der Waals surface area (Å²) in [6, 6.07) is 2.47. The summed E-state index contributed by atoms with van der Waals surface area (Å²) < 4.78 is 13.1. The van der Waals surface area contributed by atoms with Gasteiger partial charge in [0.1, 0.15) is 5.82 Å². The summed E-state index contributed by atoms with van der Waals surface area (Å²) in [5.41, 5.74) is -0.269. The molecule has 1 rings (SSSR count). The smallest absolute Gasteiger partial charge is 0.337 e. The molecule has 0 heterocycles. The quantitative estimate of drug-likeness (QED) is 0.554. The van der Waals surface area contributed by atoms with Gasteiger partial charge in [0.2, 0.25) is 0 Å². The summed E-state index contributed by atoms with van der Waals surface area (Å²) in [7, 11) is 0. The van der Waals surface area contributed by atoms with Crippen LogP contribution in [0, 0.1) is 18.2 Å². The third kappa shape index (κ3) is 5.20. The number of carbonyl (C=O) groups is 2. The molecule has 0 saturated carbocycles. The Kier molecular flexibility index (Phi) is 6.40. The number of hydrogen-bond donors (Lipinski definition) is 3. The number of halogens is 1. The van der Waals surface area contributed by atoms with E-state index in [-0.39, 0.29) is 11.3 Å². The summed E-state index contributed by atoms with van der Waals surface area (Å²) in [6.07, 6.45) is 5.07. The molecule has 2 amide bonds. The average Bonchev–Trinajstić information content (AvgIpc) is 2.38. The van der Waals surface area contributed by atoms with Crippen molar-refractivity contribution in [3.63, 3.8) is 0 Å². The molecule has 3 N–H and O–H groups in total. The van der Waals surface area contributed by atoms with Crippen molar-refractivity contribution in [2.45, 2.75) is 0 Å². The van der Waals surface area contributed by atoms with E-state index < -0.39 is 17.8 Å². The largest absolute Gasteiger partial charge is 0.478 e. The molecule has 5 nitrogen and oxygen atoms in total. The molecule has 0 aliphatic heterocycles. The third-order valence-electron chi connectivity index (χ3n) is 2.18. The van der Waals surface area contributed by atoms with Crippen LogP contribution in [0.2, 0.25) is 0 Å². The van der Waals surface area contributed by atoms with Crippen molar-refractivity contribution in [3.05, 3.63) is 29.6 Å². The summed E-state index contributed by atoms with van der Waals surface area (Å²) in [4.78, 5) is 22.5. The minimum absolute atomic E-state index is 0.0914. The number of thioether (sulfide) groups is 1. The van der Waals surface area contributed by atoms with Crippen LogP contribution in [0.4, 0.5) is 14.9 Å². The molecule has 0 aliphatic carbocycles. The Hall–Kier alpha value is -2.20. The maximum absolute atomic E-state index is 13.1. The van der Waals surface area contributed by atoms with Crippen molar-refractivity contribution in [1.29, 1.82) is 0 Å². The fraction of sp³-hybridized carbons (Fsp3) is 0.231. The Balaban J connectivity index is 2.55. The van der Waals surface area contributed by atoms with Gasteiger partial charge in [0.05, 0.1) is 17.0 Å². The molecule has 0 unspecified atom stereocenters.